The van der Waals surface area contributed by atoms with Crippen LogP contribution in [0.5, 0.6) is 0 Å². The first kappa shape index (κ1) is 71.1. The van der Waals surface area contributed by atoms with Crippen LogP contribution in [0.2, 0.25) is 0 Å². The molecule has 0 saturated heterocycles. The van der Waals surface area contributed by atoms with Gasteiger partial charge in [-0.25, -0.2) is 0 Å². The lowest BCUT2D eigenvalue weighted by molar-refractivity contribution is -0.143. The molecule has 0 aromatic carbocycles. The lowest BCUT2D eigenvalue weighted by Gasteiger charge is -2.22. The molecule has 0 radical (unpaired) electrons. The van der Waals surface area contributed by atoms with Gasteiger partial charge < -0.3 is 20.3 Å². The lowest BCUT2D eigenvalue weighted by atomic mass is 10.0. The van der Waals surface area contributed by atoms with Crippen LogP contribution in [0.3, 0.4) is 0 Å². The van der Waals surface area contributed by atoms with Crippen LogP contribution in [0.4, 0.5) is 0 Å². The van der Waals surface area contributed by atoms with E-state index in [9.17, 15) is 19.8 Å². The summed E-state index contributed by atoms with van der Waals surface area (Å²) >= 11 is 0. The van der Waals surface area contributed by atoms with E-state index in [0.29, 0.717) is 25.9 Å². The van der Waals surface area contributed by atoms with Crippen LogP contribution >= 0.6 is 0 Å². The second kappa shape index (κ2) is 62.6. The molecule has 0 heterocycles. The van der Waals surface area contributed by atoms with E-state index in [4.69, 9.17) is 4.74 Å². The van der Waals surface area contributed by atoms with E-state index in [1.54, 1.807) is 0 Å². The third kappa shape index (κ3) is 59.2. The molecule has 73 heavy (non-hydrogen) atoms. The summed E-state index contributed by atoms with van der Waals surface area (Å²) in [7, 11) is 0. The molecule has 0 rings (SSSR count). The molecule has 0 aliphatic heterocycles. The fourth-order valence-corrected chi connectivity index (χ4v) is 10.1. The zero-order valence-electron chi connectivity index (χ0n) is 49.1. The van der Waals surface area contributed by atoms with Gasteiger partial charge in [0.05, 0.1) is 25.4 Å². The minimum atomic E-state index is -0.669. The molecule has 0 aromatic heterocycles. The number of carbonyl (C=O) groups is 2. The Labute approximate surface area is 455 Å². The van der Waals surface area contributed by atoms with E-state index in [1.807, 2.05) is 0 Å². The van der Waals surface area contributed by atoms with E-state index in [2.05, 4.69) is 55.6 Å². The number of hydrogen-bond acceptors (Lipinski definition) is 5. The van der Waals surface area contributed by atoms with E-state index in [-0.39, 0.29) is 18.5 Å². The van der Waals surface area contributed by atoms with Crippen molar-refractivity contribution in [3.05, 3.63) is 36.5 Å². The molecule has 0 aliphatic carbocycles. The number of ether oxygens (including phenoxy) is 1. The molecule has 430 valence electrons. The molecule has 6 heteroatoms. The lowest BCUT2D eigenvalue weighted by Crippen LogP contribution is -2.45. The van der Waals surface area contributed by atoms with E-state index >= 15 is 0 Å². The molecule has 2 unspecified atom stereocenters. The summed E-state index contributed by atoms with van der Waals surface area (Å²) < 4.78 is 5.50. The van der Waals surface area contributed by atoms with E-state index in [1.165, 1.54) is 270 Å². The van der Waals surface area contributed by atoms with Crippen molar-refractivity contribution in [2.45, 2.75) is 366 Å². The molecule has 3 N–H and O–H groups in total. The van der Waals surface area contributed by atoms with Gasteiger partial charge >= 0.3 is 5.97 Å². The summed E-state index contributed by atoms with van der Waals surface area (Å²) in [5.74, 6) is -0.0338. The largest absolute Gasteiger partial charge is 0.466 e. The van der Waals surface area contributed by atoms with Gasteiger partial charge in [0.2, 0.25) is 5.91 Å². The zero-order valence-corrected chi connectivity index (χ0v) is 49.1. The molecule has 0 saturated carbocycles. The normalized spacial score (nSPS) is 12.8. The van der Waals surface area contributed by atoms with Crippen LogP contribution in [0.1, 0.15) is 354 Å². The van der Waals surface area contributed by atoms with Gasteiger partial charge in [0.15, 0.2) is 0 Å². The van der Waals surface area contributed by atoms with Crippen molar-refractivity contribution in [3.63, 3.8) is 0 Å². The van der Waals surface area contributed by atoms with Crippen molar-refractivity contribution in [1.82, 2.24) is 5.32 Å². The fraction of sp³-hybridized carbons (Fsp3) is 0.881. The summed E-state index contributed by atoms with van der Waals surface area (Å²) in [5.41, 5.74) is 0. The summed E-state index contributed by atoms with van der Waals surface area (Å²) in [4.78, 5) is 24.6. The number of unbranched alkanes of at least 4 members (excludes halogenated alkanes) is 44. The average molecular weight is 1030 g/mol. The van der Waals surface area contributed by atoms with Crippen LogP contribution in [0, 0.1) is 0 Å². The molecule has 0 fully saturated rings. The van der Waals surface area contributed by atoms with Crippen molar-refractivity contribution in [1.29, 1.82) is 0 Å². The predicted octanol–water partition coefficient (Wildman–Crippen LogP) is 20.8. The molecule has 0 aromatic rings. The first-order chi connectivity index (χ1) is 36.0. The van der Waals surface area contributed by atoms with Crippen molar-refractivity contribution in [2.75, 3.05) is 13.2 Å². The molecular formula is C67H127NO5. The monoisotopic (exact) mass is 1030 g/mol. The number of aliphatic hydroxyl groups is 2. The Morgan fingerprint density at radius 2 is 0.685 bits per heavy atom. The van der Waals surface area contributed by atoms with Gasteiger partial charge in [0, 0.05) is 12.8 Å². The van der Waals surface area contributed by atoms with E-state index in [0.717, 1.165) is 51.4 Å². The third-order valence-electron chi connectivity index (χ3n) is 15.2. The van der Waals surface area contributed by atoms with Gasteiger partial charge in [-0.05, 0) is 83.5 Å². The van der Waals surface area contributed by atoms with Gasteiger partial charge in [-0.15, -0.1) is 0 Å². The number of nitrogens with one attached hydrogen (secondary N) is 1. The number of aliphatic hydroxyl groups excluding tert-OH is 2. The SMILES string of the molecule is CCCCC/C=C\C/C=C\CCCCCCCCCCCC(=O)OCCCCCCCCCCCCC/C=C\CCCCCCCCCC(=O)NC(CO)C(O)CCCCCCCCCCCCCCCCC. The van der Waals surface area contributed by atoms with Gasteiger partial charge in [-0.2, -0.15) is 0 Å². The van der Waals surface area contributed by atoms with Crippen LogP contribution < -0.4 is 5.32 Å². The van der Waals surface area contributed by atoms with Crippen molar-refractivity contribution < 1.29 is 24.5 Å². The predicted molar refractivity (Wildman–Crippen MR) is 319 cm³/mol. The van der Waals surface area contributed by atoms with Gasteiger partial charge in [-0.3, -0.25) is 9.59 Å². The fourth-order valence-electron chi connectivity index (χ4n) is 10.1. The maximum absolute atomic E-state index is 12.5. The first-order valence-electron chi connectivity index (χ1n) is 32.7. The number of carbonyl (C=O) groups excluding carboxylic acids is 2. The summed E-state index contributed by atoms with van der Waals surface area (Å²) in [5, 5.41) is 23.3. The van der Waals surface area contributed by atoms with Crippen molar-refractivity contribution in [3.8, 4) is 0 Å². The topological polar surface area (TPSA) is 95.9 Å². The quantitative estimate of drug-likeness (QED) is 0.0320. The standard InChI is InChI=1S/C67H127NO5/c1-3-5-7-9-11-13-15-17-19-20-25-29-33-37-41-45-49-53-57-61-67(72)73-62-58-54-50-46-42-38-34-30-27-24-22-21-23-26-28-32-36-40-44-48-52-56-60-66(71)68-64(63-69)65(70)59-55-51-47-43-39-35-31-18-16-14-12-10-8-6-4-2/h11,13,17,19,23,26,64-65,69-70H,3-10,12,14-16,18,20-22,24-25,27-63H2,1-2H3,(H,68,71)/b13-11-,19-17-,26-23-. The Hall–Kier alpha value is -1.92. The number of amides is 1. The summed E-state index contributed by atoms with van der Waals surface area (Å²) in [6.07, 6.45) is 78.7. The van der Waals surface area contributed by atoms with Crippen LogP contribution in [0.25, 0.3) is 0 Å². The minimum absolute atomic E-state index is 0.00650. The number of esters is 1. The third-order valence-corrected chi connectivity index (χ3v) is 15.2. The maximum atomic E-state index is 12.5. The highest BCUT2D eigenvalue weighted by Crippen LogP contribution is 2.18. The molecule has 6 nitrogen and oxygen atoms in total. The van der Waals surface area contributed by atoms with Crippen molar-refractivity contribution >= 4 is 11.9 Å². The van der Waals surface area contributed by atoms with Crippen LogP contribution in [0.15, 0.2) is 36.5 Å². The maximum Gasteiger partial charge on any atom is 0.305 e. The highest BCUT2D eigenvalue weighted by Gasteiger charge is 2.20. The Bertz CT molecular complexity index is 1180. The Kier molecular flexibility index (Phi) is 61.0. The molecule has 2 atom stereocenters. The smallest absolute Gasteiger partial charge is 0.305 e. The van der Waals surface area contributed by atoms with Crippen LogP contribution in [-0.2, 0) is 14.3 Å². The molecule has 0 aliphatic rings. The molecule has 1 amide bonds. The number of rotatable bonds is 61. The number of hydrogen-bond donors (Lipinski definition) is 3. The van der Waals surface area contributed by atoms with Gasteiger partial charge in [0.1, 0.15) is 0 Å². The van der Waals surface area contributed by atoms with Gasteiger partial charge in [-0.1, -0.05) is 294 Å². The van der Waals surface area contributed by atoms with Gasteiger partial charge in [0.25, 0.3) is 0 Å². The Morgan fingerprint density at radius 1 is 0.384 bits per heavy atom. The summed E-state index contributed by atoms with van der Waals surface area (Å²) in [6, 6.07) is -0.547. The number of allylic oxidation sites excluding steroid dienone is 6. The Morgan fingerprint density at radius 3 is 1.08 bits per heavy atom. The minimum Gasteiger partial charge on any atom is -0.466 e. The first-order valence-corrected chi connectivity index (χ1v) is 32.7. The second-order valence-corrected chi connectivity index (χ2v) is 22.4. The zero-order chi connectivity index (χ0) is 52.9. The van der Waals surface area contributed by atoms with Crippen molar-refractivity contribution in [2.24, 2.45) is 0 Å². The second-order valence-electron chi connectivity index (χ2n) is 22.4. The van der Waals surface area contributed by atoms with E-state index < -0.39 is 12.1 Å². The molecular weight excluding hydrogens is 899 g/mol. The molecule has 0 spiro atoms. The highest BCUT2D eigenvalue weighted by molar-refractivity contribution is 5.76. The Balaban J connectivity index is 3.40. The average Bonchev–Trinajstić information content (AvgIpc) is 3.39. The molecule has 0 bridgehead atoms. The summed E-state index contributed by atoms with van der Waals surface area (Å²) in [6.45, 7) is 4.94. The van der Waals surface area contributed by atoms with Crippen LogP contribution in [-0.4, -0.2) is 47.4 Å². The highest BCUT2D eigenvalue weighted by atomic mass is 16.5.